The lowest BCUT2D eigenvalue weighted by atomic mass is 10.2. The monoisotopic (exact) mass is 209 g/mol. The number of esters is 1. The average Bonchev–Trinajstić information content (AvgIpc) is 2.71. The molecule has 2 N–H and O–H groups in total. The summed E-state index contributed by atoms with van der Waals surface area (Å²) in [4.78, 5) is 11.1. The standard InChI is InChI=1S/C11H15NO3/c1-2-14-11(13)10(12)7-3-5-9-6-4-8-15-9/h3-6,8,10H,2,7,12H2,1H3/b5-3+. The number of hydrogen-bond acceptors (Lipinski definition) is 4. The summed E-state index contributed by atoms with van der Waals surface area (Å²) in [6, 6.07) is 3.02. The number of nitrogens with two attached hydrogens (primary N) is 1. The van der Waals surface area contributed by atoms with E-state index in [1.54, 1.807) is 31.4 Å². The van der Waals surface area contributed by atoms with Gasteiger partial charge in [-0.15, -0.1) is 0 Å². The first-order valence-corrected chi connectivity index (χ1v) is 4.86. The molecule has 0 aliphatic rings. The van der Waals surface area contributed by atoms with Gasteiger partial charge < -0.3 is 14.9 Å². The van der Waals surface area contributed by atoms with Crippen molar-refractivity contribution in [3.05, 3.63) is 30.2 Å². The number of furan rings is 1. The molecule has 1 aromatic rings. The second-order valence-corrected chi connectivity index (χ2v) is 3.01. The van der Waals surface area contributed by atoms with E-state index in [1.807, 2.05) is 6.07 Å². The minimum Gasteiger partial charge on any atom is -0.465 e. The Labute approximate surface area is 88.7 Å². The first kappa shape index (κ1) is 11.5. The first-order valence-electron chi connectivity index (χ1n) is 4.86. The minimum absolute atomic E-state index is 0.356. The van der Waals surface area contributed by atoms with Crippen molar-refractivity contribution in [1.29, 1.82) is 0 Å². The summed E-state index contributed by atoms with van der Waals surface area (Å²) in [7, 11) is 0. The van der Waals surface area contributed by atoms with Crippen molar-refractivity contribution >= 4 is 12.0 Å². The molecule has 1 atom stereocenters. The van der Waals surface area contributed by atoms with Gasteiger partial charge >= 0.3 is 5.97 Å². The maximum absolute atomic E-state index is 11.1. The summed E-state index contributed by atoms with van der Waals surface area (Å²) in [5.74, 6) is 0.368. The Bertz CT molecular complexity index is 317. The van der Waals surface area contributed by atoms with Crippen LogP contribution >= 0.6 is 0 Å². The molecule has 15 heavy (non-hydrogen) atoms. The average molecular weight is 209 g/mol. The molecule has 0 radical (unpaired) electrons. The van der Waals surface area contributed by atoms with Crippen LogP contribution in [0.5, 0.6) is 0 Å². The molecule has 4 nitrogen and oxygen atoms in total. The zero-order valence-electron chi connectivity index (χ0n) is 8.68. The molecule has 0 bridgehead atoms. The second-order valence-electron chi connectivity index (χ2n) is 3.01. The molecule has 1 heterocycles. The van der Waals surface area contributed by atoms with E-state index in [0.717, 1.165) is 5.76 Å². The number of carbonyl (C=O) groups is 1. The van der Waals surface area contributed by atoms with Crippen LogP contribution in [0.1, 0.15) is 19.1 Å². The van der Waals surface area contributed by atoms with Gasteiger partial charge in [-0.25, -0.2) is 0 Å². The fourth-order valence-corrected chi connectivity index (χ4v) is 1.06. The molecule has 0 aliphatic carbocycles. The lowest BCUT2D eigenvalue weighted by Gasteiger charge is -2.06. The van der Waals surface area contributed by atoms with Crippen molar-refractivity contribution in [2.75, 3.05) is 6.61 Å². The summed E-state index contributed by atoms with van der Waals surface area (Å²) in [6.07, 6.45) is 5.60. The van der Waals surface area contributed by atoms with Gasteiger partial charge in [-0.05, 0) is 31.6 Å². The van der Waals surface area contributed by atoms with Gasteiger partial charge in [-0.1, -0.05) is 6.08 Å². The van der Waals surface area contributed by atoms with Crippen LogP contribution in [0, 0.1) is 0 Å². The number of hydrogen-bond donors (Lipinski definition) is 1. The zero-order valence-corrected chi connectivity index (χ0v) is 8.68. The molecule has 0 aliphatic heterocycles. The predicted octanol–water partition coefficient (Wildman–Crippen LogP) is 1.57. The highest BCUT2D eigenvalue weighted by atomic mass is 16.5. The van der Waals surface area contributed by atoms with Gasteiger partial charge in [0.2, 0.25) is 0 Å². The molecule has 1 unspecified atom stereocenters. The SMILES string of the molecule is CCOC(=O)C(N)C/C=C/c1ccco1. The lowest BCUT2D eigenvalue weighted by molar-refractivity contribution is -0.144. The summed E-state index contributed by atoms with van der Waals surface area (Å²) >= 11 is 0. The van der Waals surface area contributed by atoms with Crippen LogP contribution in [0.15, 0.2) is 28.9 Å². The maximum atomic E-state index is 11.1. The predicted molar refractivity (Wildman–Crippen MR) is 57.0 cm³/mol. The summed E-state index contributed by atoms with van der Waals surface area (Å²) in [6.45, 7) is 2.11. The Morgan fingerprint density at radius 1 is 1.73 bits per heavy atom. The highest BCUT2D eigenvalue weighted by Gasteiger charge is 2.11. The normalized spacial score (nSPS) is 12.9. The molecule has 1 rings (SSSR count). The van der Waals surface area contributed by atoms with Gasteiger partial charge in [-0.3, -0.25) is 4.79 Å². The van der Waals surface area contributed by atoms with Gasteiger partial charge in [0, 0.05) is 0 Å². The van der Waals surface area contributed by atoms with E-state index in [1.165, 1.54) is 0 Å². The van der Waals surface area contributed by atoms with E-state index in [0.29, 0.717) is 13.0 Å². The zero-order chi connectivity index (χ0) is 11.1. The largest absolute Gasteiger partial charge is 0.465 e. The smallest absolute Gasteiger partial charge is 0.323 e. The van der Waals surface area contributed by atoms with E-state index in [9.17, 15) is 4.79 Å². The molecule has 0 fully saturated rings. The van der Waals surface area contributed by atoms with Crippen molar-refractivity contribution in [2.24, 2.45) is 5.73 Å². The third-order valence-electron chi connectivity index (χ3n) is 1.80. The maximum Gasteiger partial charge on any atom is 0.323 e. The third kappa shape index (κ3) is 3.99. The lowest BCUT2D eigenvalue weighted by Crippen LogP contribution is -2.31. The van der Waals surface area contributed by atoms with Gasteiger partial charge in [0.25, 0.3) is 0 Å². The van der Waals surface area contributed by atoms with Crippen molar-refractivity contribution < 1.29 is 13.9 Å². The molecule has 1 aromatic heterocycles. The topological polar surface area (TPSA) is 65.5 Å². The van der Waals surface area contributed by atoms with Crippen molar-refractivity contribution in [2.45, 2.75) is 19.4 Å². The minimum atomic E-state index is -0.601. The van der Waals surface area contributed by atoms with Crippen LogP contribution in [0.3, 0.4) is 0 Å². The molecule has 82 valence electrons. The molecule has 0 saturated heterocycles. The molecule has 4 heteroatoms. The van der Waals surface area contributed by atoms with Crippen LogP contribution in [-0.4, -0.2) is 18.6 Å². The summed E-state index contributed by atoms with van der Waals surface area (Å²) in [5, 5.41) is 0. The van der Waals surface area contributed by atoms with Crippen LogP contribution in [-0.2, 0) is 9.53 Å². The fourth-order valence-electron chi connectivity index (χ4n) is 1.06. The van der Waals surface area contributed by atoms with Gasteiger partial charge in [0.1, 0.15) is 11.8 Å². The quantitative estimate of drug-likeness (QED) is 0.747. The van der Waals surface area contributed by atoms with Gasteiger partial charge in [0.05, 0.1) is 12.9 Å². The van der Waals surface area contributed by atoms with Gasteiger partial charge in [-0.2, -0.15) is 0 Å². The second kappa shape index (κ2) is 6.03. The molecule has 0 spiro atoms. The highest BCUT2D eigenvalue weighted by Crippen LogP contribution is 2.04. The number of rotatable bonds is 5. The third-order valence-corrected chi connectivity index (χ3v) is 1.80. The Morgan fingerprint density at radius 3 is 3.13 bits per heavy atom. The Kier molecular flexibility index (Phi) is 4.63. The van der Waals surface area contributed by atoms with E-state index in [-0.39, 0.29) is 5.97 Å². The Balaban J connectivity index is 2.33. The van der Waals surface area contributed by atoms with E-state index < -0.39 is 6.04 Å². The molecular weight excluding hydrogens is 194 g/mol. The molecular formula is C11H15NO3. The van der Waals surface area contributed by atoms with Crippen LogP contribution in [0.25, 0.3) is 6.08 Å². The molecule has 0 saturated carbocycles. The van der Waals surface area contributed by atoms with Crippen molar-refractivity contribution in [3.63, 3.8) is 0 Å². The summed E-state index contributed by atoms with van der Waals surface area (Å²) < 4.78 is 9.85. The molecule has 0 aromatic carbocycles. The van der Waals surface area contributed by atoms with Crippen LogP contribution < -0.4 is 5.73 Å². The van der Waals surface area contributed by atoms with Crippen molar-refractivity contribution in [1.82, 2.24) is 0 Å². The number of carbonyl (C=O) groups excluding carboxylic acids is 1. The Morgan fingerprint density at radius 2 is 2.53 bits per heavy atom. The number of ether oxygens (including phenoxy) is 1. The van der Waals surface area contributed by atoms with Gasteiger partial charge in [0.15, 0.2) is 0 Å². The van der Waals surface area contributed by atoms with E-state index in [4.69, 9.17) is 14.9 Å². The highest BCUT2D eigenvalue weighted by molar-refractivity contribution is 5.75. The summed E-state index contributed by atoms with van der Waals surface area (Å²) in [5.41, 5.74) is 5.59. The first-order chi connectivity index (χ1) is 7.24. The van der Waals surface area contributed by atoms with Crippen LogP contribution in [0.2, 0.25) is 0 Å². The Hall–Kier alpha value is -1.55. The molecule has 0 amide bonds. The van der Waals surface area contributed by atoms with Crippen molar-refractivity contribution in [3.8, 4) is 0 Å². The van der Waals surface area contributed by atoms with E-state index in [2.05, 4.69) is 0 Å². The van der Waals surface area contributed by atoms with Crippen LogP contribution in [0.4, 0.5) is 0 Å². The fraction of sp³-hybridized carbons (Fsp3) is 0.364. The van der Waals surface area contributed by atoms with E-state index >= 15 is 0 Å².